The van der Waals surface area contributed by atoms with Crippen LogP contribution in [0.5, 0.6) is 0 Å². The van der Waals surface area contributed by atoms with Crippen molar-refractivity contribution in [1.82, 2.24) is 15.0 Å². The lowest BCUT2D eigenvalue weighted by Gasteiger charge is -2.44. The number of rotatable bonds is 7. The van der Waals surface area contributed by atoms with Gasteiger partial charge in [0.05, 0.1) is 0 Å². The van der Waals surface area contributed by atoms with Gasteiger partial charge in [0.15, 0.2) is 17.5 Å². The molecule has 6 heteroatoms. The van der Waals surface area contributed by atoms with Gasteiger partial charge in [0.2, 0.25) is 0 Å². The van der Waals surface area contributed by atoms with Crippen LogP contribution in [0.1, 0.15) is 0 Å². The highest BCUT2D eigenvalue weighted by atomic mass is 15.2. The van der Waals surface area contributed by atoms with Gasteiger partial charge in [0, 0.05) is 50.8 Å². The zero-order chi connectivity index (χ0) is 41.7. The van der Waals surface area contributed by atoms with Gasteiger partial charge in [-0.1, -0.05) is 182 Å². The van der Waals surface area contributed by atoms with Crippen molar-refractivity contribution in [3.8, 4) is 56.4 Å². The SMILES string of the molecule is c1ccc(-c2ccc(N3c4ccccc4B4c5ccccc5N(c5ccc(-c6ccccc6)cc5)c5cc(-c6nc(-c7ccccc7)nc(-c7ccccc7)n6)cc3c54)cc2)cc1. The molecule has 0 spiro atoms. The topological polar surface area (TPSA) is 45.2 Å². The molecule has 9 aromatic carbocycles. The second kappa shape index (κ2) is 15.3. The van der Waals surface area contributed by atoms with Crippen LogP contribution in [-0.4, -0.2) is 21.7 Å². The van der Waals surface area contributed by atoms with Crippen LogP contribution < -0.4 is 26.2 Å². The van der Waals surface area contributed by atoms with Crippen LogP contribution >= 0.6 is 0 Å². The molecule has 0 atom stereocenters. The average Bonchev–Trinajstić information content (AvgIpc) is 3.37. The van der Waals surface area contributed by atoms with Gasteiger partial charge >= 0.3 is 0 Å². The van der Waals surface area contributed by atoms with E-state index in [0.717, 1.165) is 50.8 Å². The molecule has 0 amide bonds. The van der Waals surface area contributed by atoms with E-state index in [2.05, 4.69) is 204 Å². The van der Waals surface area contributed by atoms with Crippen molar-refractivity contribution in [3.63, 3.8) is 0 Å². The highest BCUT2D eigenvalue weighted by Crippen LogP contribution is 2.46. The molecule has 2 aliphatic heterocycles. The molecule has 2 aliphatic rings. The summed E-state index contributed by atoms with van der Waals surface area (Å²) in [6.45, 7) is -0.0192. The molecule has 3 heterocycles. The number of benzene rings is 9. The van der Waals surface area contributed by atoms with Gasteiger partial charge in [-0.3, -0.25) is 0 Å². The van der Waals surface area contributed by atoms with Gasteiger partial charge in [-0.05, 0) is 87.2 Å². The molecule has 0 saturated carbocycles. The second-order valence-corrected chi connectivity index (χ2v) is 16.0. The first-order valence-electron chi connectivity index (χ1n) is 21.4. The molecule has 5 nitrogen and oxygen atoms in total. The lowest BCUT2D eigenvalue weighted by atomic mass is 9.33. The minimum Gasteiger partial charge on any atom is -0.311 e. The van der Waals surface area contributed by atoms with Crippen molar-refractivity contribution in [3.05, 3.63) is 231 Å². The summed E-state index contributed by atoms with van der Waals surface area (Å²) in [6.07, 6.45) is 0. The molecule has 10 aromatic rings. The minimum absolute atomic E-state index is 0.0192. The van der Waals surface area contributed by atoms with Crippen LogP contribution in [0.25, 0.3) is 56.4 Å². The Hall–Kier alpha value is -8.35. The monoisotopic (exact) mass is 803 g/mol. The van der Waals surface area contributed by atoms with Crippen LogP contribution in [0.3, 0.4) is 0 Å². The Bertz CT molecular complexity index is 3060. The number of hydrogen-bond donors (Lipinski definition) is 0. The van der Waals surface area contributed by atoms with E-state index >= 15 is 0 Å². The predicted molar refractivity (Wildman–Crippen MR) is 261 cm³/mol. The average molecular weight is 804 g/mol. The Balaban J connectivity index is 1.13. The van der Waals surface area contributed by atoms with Crippen LogP contribution in [-0.2, 0) is 0 Å². The number of para-hydroxylation sites is 2. The first-order chi connectivity index (χ1) is 31.2. The van der Waals surface area contributed by atoms with E-state index in [9.17, 15) is 0 Å². The third-order valence-corrected chi connectivity index (χ3v) is 12.3. The van der Waals surface area contributed by atoms with E-state index in [-0.39, 0.29) is 6.71 Å². The molecule has 0 saturated heterocycles. The Morgan fingerprint density at radius 1 is 0.270 bits per heavy atom. The third kappa shape index (κ3) is 6.39. The standard InChI is InChI=1S/C57H38BN5/c1-5-17-39(18-6-1)41-29-33-46(34-30-41)62-50-27-15-13-25-48(50)58-49-26-14-16-28-51(49)63(47-35-31-42(32-36-47)40-19-7-2-8-20-40)53-38-45(37-52(62)54(53)58)57-60-55(43-21-9-3-10-22-43)59-56(61-57)44-23-11-4-12-24-44/h1-38H. The number of nitrogens with zero attached hydrogens (tertiary/aromatic N) is 5. The van der Waals surface area contributed by atoms with Crippen molar-refractivity contribution in [1.29, 1.82) is 0 Å². The van der Waals surface area contributed by atoms with E-state index in [0.29, 0.717) is 17.5 Å². The zero-order valence-corrected chi connectivity index (χ0v) is 34.3. The summed E-state index contributed by atoms with van der Waals surface area (Å²) in [5.74, 6) is 1.86. The smallest absolute Gasteiger partial charge is 0.252 e. The zero-order valence-electron chi connectivity index (χ0n) is 34.3. The van der Waals surface area contributed by atoms with Gasteiger partial charge in [-0.25, -0.2) is 15.0 Å². The Morgan fingerprint density at radius 2 is 0.587 bits per heavy atom. The molecule has 294 valence electrons. The molecule has 0 unspecified atom stereocenters. The molecule has 1 aromatic heterocycles. The maximum Gasteiger partial charge on any atom is 0.252 e. The van der Waals surface area contributed by atoms with Crippen molar-refractivity contribution < 1.29 is 0 Å². The van der Waals surface area contributed by atoms with Gasteiger partial charge in [0.25, 0.3) is 6.71 Å². The van der Waals surface area contributed by atoms with Gasteiger partial charge < -0.3 is 9.80 Å². The van der Waals surface area contributed by atoms with Crippen molar-refractivity contribution in [2.45, 2.75) is 0 Å². The quantitative estimate of drug-likeness (QED) is 0.150. The Morgan fingerprint density at radius 3 is 0.984 bits per heavy atom. The fourth-order valence-electron chi connectivity index (χ4n) is 9.39. The van der Waals surface area contributed by atoms with Crippen molar-refractivity contribution >= 4 is 57.2 Å². The van der Waals surface area contributed by atoms with Crippen LogP contribution in [0.4, 0.5) is 34.1 Å². The molecule has 0 aliphatic carbocycles. The first kappa shape index (κ1) is 36.5. The predicted octanol–water partition coefficient (Wildman–Crippen LogP) is 12.3. The van der Waals surface area contributed by atoms with E-state index in [4.69, 9.17) is 15.0 Å². The summed E-state index contributed by atoms with van der Waals surface area (Å²) in [7, 11) is 0. The number of fused-ring (bicyclic) bond motifs is 4. The van der Waals surface area contributed by atoms with E-state index in [1.54, 1.807) is 0 Å². The second-order valence-electron chi connectivity index (χ2n) is 16.0. The maximum atomic E-state index is 5.28. The van der Waals surface area contributed by atoms with Gasteiger partial charge in [-0.15, -0.1) is 0 Å². The fourth-order valence-corrected chi connectivity index (χ4v) is 9.39. The lowest BCUT2D eigenvalue weighted by Crippen LogP contribution is -2.61. The summed E-state index contributed by atoms with van der Waals surface area (Å²) >= 11 is 0. The number of aromatic nitrogens is 3. The van der Waals surface area contributed by atoms with E-state index < -0.39 is 0 Å². The molecule has 12 rings (SSSR count). The van der Waals surface area contributed by atoms with Crippen LogP contribution in [0.15, 0.2) is 231 Å². The van der Waals surface area contributed by atoms with Crippen LogP contribution in [0, 0.1) is 0 Å². The summed E-state index contributed by atoms with van der Waals surface area (Å²) in [6, 6.07) is 81.8. The molecular formula is C57H38BN5. The number of hydrogen-bond acceptors (Lipinski definition) is 5. The molecule has 0 radical (unpaired) electrons. The van der Waals surface area contributed by atoms with E-state index in [1.807, 2.05) is 36.4 Å². The summed E-state index contributed by atoms with van der Waals surface area (Å²) in [4.78, 5) is 20.5. The van der Waals surface area contributed by atoms with Crippen molar-refractivity contribution in [2.24, 2.45) is 0 Å². The van der Waals surface area contributed by atoms with Gasteiger partial charge in [0.1, 0.15) is 0 Å². The van der Waals surface area contributed by atoms with Crippen LogP contribution in [0.2, 0.25) is 0 Å². The Labute approximate surface area is 367 Å². The molecule has 0 N–H and O–H groups in total. The van der Waals surface area contributed by atoms with E-state index in [1.165, 1.54) is 38.6 Å². The fraction of sp³-hybridized carbons (Fsp3) is 0. The molecular weight excluding hydrogens is 765 g/mol. The highest BCUT2D eigenvalue weighted by molar-refractivity contribution is 7.00. The highest BCUT2D eigenvalue weighted by Gasteiger charge is 2.43. The summed E-state index contributed by atoms with van der Waals surface area (Å²) < 4.78 is 0. The minimum atomic E-state index is -0.0192. The lowest BCUT2D eigenvalue weighted by molar-refractivity contribution is 1.07. The van der Waals surface area contributed by atoms with Gasteiger partial charge in [-0.2, -0.15) is 0 Å². The number of anilines is 6. The Kier molecular flexibility index (Phi) is 8.86. The summed E-state index contributed by atoms with van der Waals surface area (Å²) in [5, 5.41) is 0. The van der Waals surface area contributed by atoms with Crippen molar-refractivity contribution in [2.75, 3.05) is 9.80 Å². The maximum absolute atomic E-state index is 5.28. The largest absolute Gasteiger partial charge is 0.311 e. The molecule has 0 bridgehead atoms. The molecule has 63 heavy (non-hydrogen) atoms. The molecule has 0 fully saturated rings. The summed E-state index contributed by atoms with van der Waals surface area (Å²) in [5.41, 5.74) is 17.8. The normalized spacial score (nSPS) is 12.3. The first-order valence-corrected chi connectivity index (χ1v) is 21.4. The third-order valence-electron chi connectivity index (χ3n) is 12.3.